The maximum absolute atomic E-state index is 12.3. The number of anilines is 2. The van der Waals surface area contributed by atoms with Gasteiger partial charge in [-0.1, -0.05) is 24.3 Å². The van der Waals surface area contributed by atoms with Gasteiger partial charge >= 0.3 is 0 Å². The highest BCUT2D eigenvalue weighted by Crippen LogP contribution is 2.24. The van der Waals surface area contributed by atoms with Crippen LogP contribution in [-0.4, -0.2) is 61.4 Å². The number of nitrogens with one attached hydrogen (secondary N) is 2. The van der Waals surface area contributed by atoms with Gasteiger partial charge in [0.15, 0.2) is 0 Å². The number of carbonyl (C=O) groups excluding carboxylic acids is 2. The van der Waals surface area contributed by atoms with E-state index >= 15 is 0 Å². The number of piperazine rings is 1. The summed E-state index contributed by atoms with van der Waals surface area (Å²) in [7, 11) is 2.18. The number of amides is 2. The van der Waals surface area contributed by atoms with Crippen LogP contribution in [0.3, 0.4) is 0 Å². The molecule has 2 aromatic carbocycles. The average molecular weight is 421 g/mol. The number of aryl methyl sites for hydroxylation is 1. The SMILES string of the molecule is CN1CCN(CCc2ccc(NC(=O)CCCc3ccc4c(c3)CC(=O)N4)cc2)CC1. The van der Waals surface area contributed by atoms with Gasteiger partial charge in [-0.2, -0.15) is 0 Å². The molecule has 0 atom stereocenters. The van der Waals surface area contributed by atoms with Crippen LogP contribution in [-0.2, 0) is 28.9 Å². The molecule has 0 saturated carbocycles. The summed E-state index contributed by atoms with van der Waals surface area (Å²) in [5.41, 5.74) is 5.31. The highest BCUT2D eigenvalue weighted by Gasteiger charge is 2.17. The molecule has 2 aromatic rings. The van der Waals surface area contributed by atoms with Crippen molar-refractivity contribution < 1.29 is 9.59 Å². The first kappa shape index (κ1) is 21.5. The summed E-state index contributed by atoms with van der Waals surface area (Å²) in [4.78, 5) is 28.7. The monoisotopic (exact) mass is 420 g/mol. The second-order valence-electron chi connectivity index (χ2n) is 8.71. The molecule has 0 spiro atoms. The maximum atomic E-state index is 12.3. The lowest BCUT2D eigenvalue weighted by atomic mass is 10.0. The van der Waals surface area contributed by atoms with E-state index in [4.69, 9.17) is 0 Å². The Balaban J connectivity index is 1.17. The zero-order chi connectivity index (χ0) is 21.6. The first-order valence-electron chi connectivity index (χ1n) is 11.3. The lowest BCUT2D eigenvalue weighted by molar-refractivity contribution is -0.116. The molecule has 4 rings (SSSR count). The van der Waals surface area contributed by atoms with Crippen molar-refractivity contribution in [3.05, 3.63) is 59.2 Å². The first-order valence-corrected chi connectivity index (χ1v) is 11.3. The van der Waals surface area contributed by atoms with Gasteiger partial charge in [-0.15, -0.1) is 0 Å². The summed E-state index contributed by atoms with van der Waals surface area (Å²) in [6.45, 7) is 5.67. The lowest BCUT2D eigenvalue weighted by Gasteiger charge is -2.32. The van der Waals surface area contributed by atoms with Crippen molar-refractivity contribution in [1.29, 1.82) is 0 Å². The summed E-state index contributed by atoms with van der Waals surface area (Å²) >= 11 is 0. The third kappa shape index (κ3) is 6.15. The predicted molar refractivity (Wildman–Crippen MR) is 124 cm³/mol. The molecule has 2 amide bonds. The van der Waals surface area contributed by atoms with Gasteiger partial charge in [0.1, 0.15) is 0 Å². The molecule has 2 heterocycles. The summed E-state index contributed by atoms with van der Waals surface area (Å²) in [5.74, 6) is 0.0973. The molecule has 0 radical (unpaired) electrons. The number of hydrogen-bond donors (Lipinski definition) is 2. The van der Waals surface area contributed by atoms with Crippen LogP contribution in [0.2, 0.25) is 0 Å². The van der Waals surface area contributed by atoms with Gasteiger partial charge in [-0.25, -0.2) is 0 Å². The third-order valence-electron chi connectivity index (χ3n) is 6.21. The first-order chi connectivity index (χ1) is 15.0. The van der Waals surface area contributed by atoms with Crippen LogP contribution in [0.25, 0.3) is 0 Å². The Bertz CT molecular complexity index is 918. The molecule has 6 nitrogen and oxygen atoms in total. The fourth-order valence-corrected chi connectivity index (χ4v) is 4.23. The van der Waals surface area contributed by atoms with Crippen LogP contribution < -0.4 is 10.6 Å². The predicted octanol–water partition coefficient (Wildman–Crippen LogP) is 2.93. The topological polar surface area (TPSA) is 64.7 Å². The van der Waals surface area contributed by atoms with E-state index in [1.807, 2.05) is 24.3 Å². The van der Waals surface area contributed by atoms with Gasteiger partial charge in [0.05, 0.1) is 6.42 Å². The molecule has 31 heavy (non-hydrogen) atoms. The fourth-order valence-electron chi connectivity index (χ4n) is 4.23. The highest BCUT2D eigenvalue weighted by molar-refractivity contribution is 5.99. The summed E-state index contributed by atoms with van der Waals surface area (Å²) < 4.78 is 0. The van der Waals surface area contributed by atoms with Crippen LogP contribution >= 0.6 is 0 Å². The minimum Gasteiger partial charge on any atom is -0.326 e. The van der Waals surface area contributed by atoms with Crippen molar-refractivity contribution >= 4 is 23.2 Å². The minimum absolute atomic E-state index is 0.0446. The number of nitrogens with zero attached hydrogens (tertiary/aromatic N) is 2. The van der Waals surface area contributed by atoms with Crippen LogP contribution in [0.1, 0.15) is 29.5 Å². The van der Waals surface area contributed by atoms with Crippen molar-refractivity contribution in [3.8, 4) is 0 Å². The molecule has 1 fully saturated rings. The van der Waals surface area contributed by atoms with Crippen LogP contribution in [0.5, 0.6) is 0 Å². The van der Waals surface area contributed by atoms with Crippen LogP contribution in [0.4, 0.5) is 11.4 Å². The zero-order valence-corrected chi connectivity index (χ0v) is 18.3. The number of carbonyl (C=O) groups is 2. The molecule has 0 bridgehead atoms. The zero-order valence-electron chi connectivity index (χ0n) is 18.3. The van der Waals surface area contributed by atoms with Gasteiger partial charge in [0.25, 0.3) is 0 Å². The molecule has 1 saturated heterocycles. The Kier molecular flexibility index (Phi) is 6.99. The number of benzene rings is 2. The van der Waals surface area contributed by atoms with E-state index in [1.54, 1.807) is 0 Å². The fraction of sp³-hybridized carbons (Fsp3) is 0.440. The molecule has 0 aromatic heterocycles. The Hall–Kier alpha value is -2.70. The maximum Gasteiger partial charge on any atom is 0.228 e. The summed E-state index contributed by atoms with van der Waals surface area (Å²) in [6.07, 6.45) is 3.60. The molecule has 6 heteroatoms. The van der Waals surface area contributed by atoms with Crippen molar-refractivity contribution in [2.45, 2.75) is 32.1 Å². The molecule has 2 aliphatic heterocycles. The highest BCUT2D eigenvalue weighted by atomic mass is 16.2. The molecule has 0 unspecified atom stereocenters. The van der Waals surface area contributed by atoms with Gasteiger partial charge < -0.3 is 20.4 Å². The van der Waals surface area contributed by atoms with Gasteiger partial charge in [-0.05, 0) is 61.2 Å². The normalized spacial score (nSPS) is 16.7. The lowest BCUT2D eigenvalue weighted by Crippen LogP contribution is -2.45. The standard InChI is InChI=1S/C25H32N4O2/c1-28-13-15-29(16-14-28)12-11-19-5-8-22(9-6-19)26-24(30)4-2-3-20-7-10-23-21(17-20)18-25(31)27-23/h5-10,17H,2-4,11-16,18H2,1H3,(H,26,30)(H,27,31). The minimum atomic E-state index is 0.0446. The quantitative estimate of drug-likeness (QED) is 0.689. The van der Waals surface area contributed by atoms with Crippen molar-refractivity contribution in [1.82, 2.24) is 9.80 Å². The van der Waals surface area contributed by atoms with Crippen LogP contribution in [0.15, 0.2) is 42.5 Å². The number of likely N-dealkylation sites (N-methyl/N-ethyl adjacent to an activating group) is 1. The van der Waals surface area contributed by atoms with Crippen molar-refractivity contribution in [2.24, 2.45) is 0 Å². The Morgan fingerprint density at radius 3 is 2.52 bits per heavy atom. The molecule has 2 aliphatic rings. The molecule has 0 aliphatic carbocycles. The Labute approximate surface area is 184 Å². The van der Waals surface area contributed by atoms with E-state index in [1.165, 1.54) is 11.1 Å². The van der Waals surface area contributed by atoms with Gasteiger partial charge in [0.2, 0.25) is 11.8 Å². The van der Waals surface area contributed by atoms with E-state index in [9.17, 15) is 9.59 Å². The molecule has 164 valence electrons. The molecular weight excluding hydrogens is 388 g/mol. The second kappa shape index (κ2) is 10.1. The van der Waals surface area contributed by atoms with E-state index in [-0.39, 0.29) is 11.8 Å². The smallest absolute Gasteiger partial charge is 0.228 e. The summed E-state index contributed by atoms with van der Waals surface area (Å²) in [5, 5.41) is 5.85. The van der Waals surface area contributed by atoms with Crippen molar-refractivity contribution in [3.63, 3.8) is 0 Å². The number of hydrogen-bond acceptors (Lipinski definition) is 4. The van der Waals surface area contributed by atoms with Crippen LogP contribution in [0, 0.1) is 0 Å². The van der Waals surface area contributed by atoms with E-state index in [0.29, 0.717) is 12.8 Å². The van der Waals surface area contributed by atoms with Crippen molar-refractivity contribution in [2.75, 3.05) is 50.4 Å². The number of rotatable bonds is 8. The number of fused-ring (bicyclic) bond motifs is 1. The second-order valence-corrected chi connectivity index (χ2v) is 8.71. The molecular formula is C25H32N4O2. The average Bonchev–Trinajstić information content (AvgIpc) is 3.14. The Morgan fingerprint density at radius 1 is 1.00 bits per heavy atom. The van der Waals surface area contributed by atoms with Gasteiger partial charge in [-0.3, -0.25) is 9.59 Å². The summed E-state index contributed by atoms with van der Waals surface area (Å²) in [6, 6.07) is 14.3. The third-order valence-corrected chi connectivity index (χ3v) is 6.21. The Morgan fingerprint density at radius 2 is 1.74 bits per heavy atom. The largest absolute Gasteiger partial charge is 0.326 e. The molecule has 2 N–H and O–H groups in total. The van der Waals surface area contributed by atoms with E-state index in [2.05, 4.69) is 45.7 Å². The van der Waals surface area contributed by atoms with E-state index in [0.717, 1.165) is 68.9 Å². The van der Waals surface area contributed by atoms with E-state index < -0.39 is 0 Å². The van der Waals surface area contributed by atoms with Gasteiger partial charge in [0, 0.05) is 50.5 Å².